The van der Waals surface area contributed by atoms with E-state index in [1.54, 1.807) is 31.6 Å². The van der Waals surface area contributed by atoms with Crippen molar-refractivity contribution in [1.29, 1.82) is 0 Å². The molecule has 0 aliphatic carbocycles. The molecule has 1 heterocycles. The summed E-state index contributed by atoms with van der Waals surface area (Å²) in [6, 6.07) is 16.7. The Labute approximate surface area is 182 Å². The fourth-order valence-electron chi connectivity index (χ4n) is 2.98. The van der Waals surface area contributed by atoms with Gasteiger partial charge in [0.1, 0.15) is 6.61 Å². The van der Waals surface area contributed by atoms with Crippen molar-refractivity contribution in [3.8, 4) is 11.5 Å². The number of carbonyl (C=O) groups excluding carboxylic acids is 2. The normalized spacial score (nSPS) is 10.4. The molecule has 1 N–H and O–H groups in total. The molecule has 0 bridgehead atoms. The van der Waals surface area contributed by atoms with Crippen LogP contribution in [0.15, 0.2) is 67.0 Å². The monoisotopic (exact) mass is 418 g/mol. The second kappa shape index (κ2) is 10.9. The Hall–Kier alpha value is -3.67. The zero-order valence-corrected chi connectivity index (χ0v) is 17.8. The molecule has 0 saturated carbocycles. The second-order valence-corrected chi connectivity index (χ2v) is 7.20. The molecule has 6 heteroatoms. The lowest BCUT2D eigenvalue weighted by molar-refractivity contribution is -0.121. The standard InChI is InChI=1S/C25H26N2O4/c1-18-3-6-21(7-4-18)22(28)8-10-25(29)27-16-20-5-9-23(24(15-20)30-2)31-17-19-11-13-26-14-12-19/h3-7,9,11-15H,8,10,16-17H2,1-2H3,(H,27,29). The maximum Gasteiger partial charge on any atom is 0.220 e. The van der Waals surface area contributed by atoms with Crippen LogP contribution in [0.25, 0.3) is 0 Å². The highest BCUT2D eigenvalue weighted by Crippen LogP contribution is 2.28. The number of carbonyl (C=O) groups is 2. The minimum atomic E-state index is -0.169. The van der Waals surface area contributed by atoms with Gasteiger partial charge in [0.25, 0.3) is 0 Å². The van der Waals surface area contributed by atoms with E-state index in [4.69, 9.17) is 9.47 Å². The van der Waals surface area contributed by atoms with Gasteiger partial charge in [-0.3, -0.25) is 14.6 Å². The lowest BCUT2D eigenvalue weighted by atomic mass is 10.0. The van der Waals surface area contributed by atoms with Crippen LogP contribution in [0.1, 0.15) is 39.9 Å². The van der Waals surface area contributed by atoms with Crippen LogP contribution in [0.3, 0.4) is 0 Å². The molecule has 0 radical (unpaired) electrons. The molecule has 0 atom stereocenters. The van der Waals surface area contributed by atoms with Crippen molar-refractivity contribution in [1.82, 2.24) is 10.3 Å². The maximum atomic E-state index is 12.2. The van der Waals surface area contributed by atoms with E-state index < -0.39 is 0 Å². The topological polar surface area (TPSA) is 77.5 Å². The summed E-state index contributed by atoms with van der Waals surface area (Å²) in [5, 5.41) is 2.85. The number of ketones is 1. The Kier molecular flexibility index (Phi) is 7.76. The molecule has 0 aliphatic rings. The van der Waals surface area contributed by atoms with E-state index in [9.17, 15) is 9.59 Å². The molecule has 31 heavy (non-hydrogen) atoms. The lowest BCUT2D eigenvalue weighted by Crippen LogP contribution is -2.23. The number of pyridine rings is 1. The molecule has 3 rings (SSSR count). The first kappa shape index (κ1) is 22.0. The molecule has 0 saturated heterocycles. The van der Waals surface area contributed by atoms with E-state index >= 15 is 0 Å². The van der Waals surface area contributed by atoms with E-state index in [0.717, 1.165) is 16.7 Å². The zero-order valence-electron chi connectivity index (χ0n) is 17.8. The Balaban J connectivity index is 1.48. The Morgan fingerprint density at radius 2 is 1.65 bits per heavy atom. The van der Waals surface area contributed by atoms with Gasteiger partial charge in [-0.05, 0) is 42.3 Å². The Morgan fingerprint density at radius 3 is 2.35 bits per heavy atom. The van der Waals surface area contributed by atoms with Crippen molar-refractivity contribution in [3.05, 3.63) is 89.2 Å². The van der Waals surface area contributed by atoms with Gasteiger partial charge >= 0.3 is 0 Å². The molecule has 0 fully saturated rings. The number of benzene rings is 2. The first-order valence-electron chi connectivity index (χ1n) is 10.1. The third-order valence-electron chi connectivity index (χ3n) is 4.81. The number of hydrogen-bond donors (Lipinski definition) is 1. The summed E-state index contributed by atoms with van der Waals surface area (Å²) in [4.78, 5) is 28.4. The van der Waals surface area contributed by atoms with Gasteiger partial charge in [0.2, 0.25) is 5.91 Å². The minimum absolute atomic E-state index is 0.0347. The number of rotatable bonds is 10. The number of methoxy groups -OCH3 is 1. The van der Waals surface area contributed by atoms with Crippen LogP contribution in [0.5, 0.6) is 11.5 Å². The number of ether oxygens (including phenoxy) is 2. The van der Waals surface area contributed by atoms with Gasteiger partial charge in [-0.1, -0.05) is 35.9 Å². The average Bonchev–Trinajstić information content (AvgIpc) is 2.81. The van der Waals surface area contributed by atoms with Gasteiger partial charge in [-0.2, -0.15) is 0 Å². The summed E-state index contributed by atoms with van der Waals surface area (Å²) in [5.74, 6) is 1.01. The van der Waals surface area contributed by atoms with Crippen molar-refractivity contribution >= 4 is 11.7 Å². The minimum Gasteiger partial charge on any atom is -0.493 e. The molecule has 0 unspecified atom stereocenters. The zero-order chi connectivity index (χ0) is 22.1. The molecule has 160 valence electrons. The molecule has 2 aromatic carbocycles. The van der Waals surface area contributed by atoms with Gasteiger partial charge in [0, 0.05) is 37.3 Å². The predicted octanol–water partition coefficient (Wildman–Crippen LogP) is 4.26. The first-order valence-corrected chi connectivity index (χ1v) is 10.1. The van der Waals surface area contributed by atoms with Crippen molar-refractivity contribution < 1.29 is 19.1 Å². The van der Waals surface area contributed by atoms with Crippen LogP contribution in [0, 0.1) is 6.92 Å². The lowest BCUT2D eigenvalue weighted by Gasteiger charge is -2.13. The van der Waals surface area contributed by atoms with Gasteiger partial charge < -0.3 is 14.8 Å². The summed E-state index contributed by atoms with van der Waals surface area (Å²) in [6.45, 7) is 2.72. The first-order chi connectivity index (χ1) is 15.0. The summed E-state index contributed by atoms with van der Waals surface area (Å²) in [6.07, 6.45) is 3.77. The number of Topliss-reactive ketones (excluding diaryl/α,β-unsaturated/α-hetero) is 1. The number of hydrogen-bond acceptors (Lipinski definition) is 5. The predicted molar refractivity (Wildman–Crippen MR) is 118 cm³/mol. The van der Waals surface area contributed by atoms with Crippen LogP contribution in [0.2, 0.25) is 0 Å². The highest BCUT2D eigenvalue weighted by Gasteiger charge is 2.11. The second-order valence-electron chi connectivity index (χ2n) is 7.20. The summed E-state index contributed by atoms with van der Waals surface area (Å²) in [7, 11) is 1.58. The molecule has 0 aliphatic heterocycles. The summed E-state index contributed by atoms with van der Waals surface area (Å²) < 4.78 is 11.3. The number of nitrogens with zero attached hydrogens (tertiary/aromatic N) is 1. The molecule has 1 aromatic heterocycles. The fraction of sp³-hybridized carbons (Fsp3) is 0.240. The maximum absolute atomic E-state index is 12.2. The molecule has 3 aromatic rings. The average molecular weight is 418 g/mol. The highest BCUT2D eigenvalue weighted by atomic mass is 16.5. The van der Waals surface area contributed by atoms with E-state index in [-0.39, 0.29) is 24.5 Å². The third kappa shape index (κ3) is 6.67. The number of aromatic nitrogens is 1. The summed E-state index contributed by atoms with van der Waals surface area (Å²) >= 11 is 0. The fourth-order valence-corrected chi connectivity index (χ4v) is 2.98. The highest BCUT2D eigenvalue weighted by molar-refractivity contribution is 5.97. The number of aryl methyl sites for hydroxylation is 1. The van der Waals surface area contributed by atoms with Crippen molar-refractivity contribution in [3.63, 3.8) is 0 Å². The van der Waals surface area contributed by atoms with Gasteiger partial charge in [-0.15, -0.1) is 0 Å². The van der Waals surface area contributed by atoms with Crippen LogP contribution in [-0.2, 0) is 17.9 Å². The molecule has 6 nitrogen and oxygen atoms in total. The van der Waals surface area contributed by atoms with Crippen molar-refractivity contribution in [2.75, 3.05) is 7.11 Å². The van der Waals surface area contributed by atoms with Gasteiger partial charge in [-0.25, -0.2) is 0 Å². The quantitative estimate of drug-likeness (QED) is 0.498. The number of nitrogens with one attached hydrogen (secondary N) is 1. The van der Waals surface area contributed by atoms with E-state index in [2.05, 4.69) is 10.3 Å². The van der Waals surface area contributed by atoms with Crippen LogP contribution >= 0.6 is 0 Å². The third-order valence-corrected chi connectivity index (χ3v) is 4.81. The van der Waals surface area contributed by atoms with Crippen molar-refractivity contribution in [2.24, 2.45) is 0 Å². The van der Waals surface area contributed by atoms with Crippen LogP contribution in [0.4, 0.5) is 0 Å². The Bertz CT molecular complexity index is 1020. The van der Waals surface area contributed by atoms with Gasteiger partial charge in [0.15, 0.2) is 17.3 Å². The molecular formula is C25H26N2O4. The molecule has 0 spiro atoms. The SMILES string of the molecule is COc1cc(CNC(=O)CCC(=O)c2ccc(C)cc2)ccc1OCc1ccncc1. The number of amides is 1. The van der Waals surface area contributed by atoms with Crippen LogP contribution < -0.4 is 14.8 Å². The van der Waals surface area contributed by atoms with E-state index in [0.29, 0.717) is 30.2 Å². The van der Waals surface area contributed by atoms with Crippen molar-refractivity contribution in [2.45, 2.75) is 32.9 Å². The smallest absolute Gasteiger partial charge is 0.220 e. The molecule has 1 amide bonds. The molecular weight excluding hydrogens is 392 g/mol. The largest absolute Gasteiger partial charge is 0.493 e. The van der Waals surface area contributed by atoms with E-state index in [1.165, 1.54) is 0 Å². The summed E-state index contributed by atoms with van der Waals surface area (Å²) in [5.41, 5.74) is 3.61. The van der Waals surface area contributed by atoms with E-state index in [1.807, 2.05) is 49.4 Å². The van der Waals surface area contributed by atoms with Gasteiger partial charge in [0.05, 0.1) is 7.11 Å². The Morgan fingerprint density at radius 1 is 0.903 bits per heavy atom. The van der Waals surface area contributed by atoms with Crippen LogP contribution in [-0.4, -0.2) is 23.8 Å².